The van der Waals surface area contributed by atoms with Crippen LogP contribution in [0, 0.1) is 4.77 Å². The minimum atomic E-state index is -0.0492. The van der Waals surface area contributed by atoms with E-state index in [9.17, 15) is 4.79 Å². The molecule has 1 amide bonds. The van der Waals surface area contributed by atoms with E-state index in [0.29, 0.717) is 29.3 Å². The molecule has 0 unspecified atom stereocenters. The number of carbonyl (C=O) groups is 1. The molecule has 3 aromatic rings. The summed E-state index contributed by atoms with van der Waals surface area (Å²) >= 11 is 11.7. The predicted molar refractivity (Wildman–Crippen MR) is 116 cm³/mol. The second kappa shape index (κ2) is 9.84. The Morgan fingerprint density at radius 1 is 1.24 bits per heavy atom. The Labute approximate surface area is 180 Å². The molecular weight excluding hydrogens is 408 g/mol. The monoisotopic (exact) mass is 432 g/mol. The standard InChI is InChI=1S/C20H25ClN6OS/c1-3-4-10-26-19(16-5-7-17(21)8-6-16)24-27(20(26)29)11-9-18(28)22-12-15-13-23-25(2)14-15/h5-8,13-14H,3-4,9-12H2,1-2H3,(H,22,28). The first-order valence-corrected chi connectivity index (χ1v) is 10.4. The summed E-state index contributed by atoms with van der Waals surface area (Å²) in [7, 11) is 1.85. The van der Waals surface area contributed by atoms with Crippen molar-refractivity contribution in [3.05, 3.63) is 52.0 Å². The fraction of sp³-hybridized carbons (Fsp3) is 0.400. The van der Waals surface area contributed by atoms with E-state index in [-0.39, 0.29) is 5.91 Å². The van der Waals surface area contributed by atoms with Gasteiger partial charge in [-0.1, -0.05) is 24.9 Å². The van der Waals surface area contributed by atoms with Crippen LogP contribution in [-0.2, 0) is 31.5 Å². The van der Waals surface area contributed by atoms with Crippen LogP contribution >= 0.6 is 23.8 Å². The van der Waals surface area contributed by atoms with Crippen molar-refractivity contribution in [2.45, 2.75) is 45.8 Å². The number of nitrogens with zero attached hydrogens (tertiary/aromatic N) is 5. The van der Waals surface area contributed by atoms with E-state index < -0.39 is 0 Å². The molecule has 3 rings (SSSR count). The van der Waals surface area contributed by atoms with E-state index in [2.05, 4.69) is 17.3 Å². The molecule has 0 fully saturated rings. The molecule has 0 saturated carbocycles. The van der Waals surface area contributed by atoms with Gasteiger partial charge in [0.1, 0.15) is 0 Å². The van der Waals surface area contributed by atoms with Crippen LogP contribution in [0.4, 0.5) is 0 Å². The Balaban J connectivity index is 1.70. The molecular formula is C20H25ClN6OS. The normalized spacial score (nSPS) is 11.0. The Kier molecular flexibility index (Phi) is 7.22. The molecule has 0 aliphatic heterocycles. The van der Waals surface area contributed by atoms with E-state index in [1.165, 1.54) is 0 Å². The van der Waals surface area contributed by atoms with E-state index >= 15 is 0 Å². The van der Waals surface area contributed by atoms with Crippen molar-refractivity contribution in [2.24, 2.45) is 7.05 Å². The van der Waals surface area contributed by atoms with Gasteiger partial charge in [-0.2, -0.15) is 10.2 Å². The van der Waals surface area contributed by atoms with E-state index in [0.717, 1.165) is 36.3 Å². The topological polar surface area (TPSA) is 69.7 Å². The lowest BCUT2D eigenvalue weighted by atomic mass is 10.2. The van der Waals surface area contributed by atoms with Gasteiger partial charge in [-0.25, -0.2) is 4.68 Å². The molecule has 0 bridgehead atoms. The summed E-state index contributed by atoms with van der Waals surface area (Å²) in [6, 6.07) is 7.56. The molecule has 1 N–H and O–H groups in total. The number of benzene rings is 1. The van der Waals surface area contributed by atoms with Crippen molar-refractivity contribution in [3.63, 3.8) is 0 Å². The molecule has 1 aromatic carbocycles. The lowest BCUT2D eigenvalue weighted by Gasteiger charge is -2.06. The van der Waals surface area contributed by atoms with Gasteiger partial charge >= 0.3 is 0 Å². The number of aryl methyl sites for hydroxylation is 2. The number of halogens is 1. The zero-order chi connectivity index (χ0) is 20.8. The van der Waals surface area contributed by atoms with Gasteiger partial charge < -0.3 is 5.32 Å². The smallest absolute Gasteiger partial charge is 0.222 e. The Morgan fingerprint density at radius 2 is 2.00 bits per heavy atom. The first-order chi connectivity index (χ1) is 14.0. The maximum Gasteiger partial charge on any atom is 0.222 e. The highest BCUT2D eigenvalue weighted by atomic mass is 35.5. The van der Waals surface area contributed by atoms with Crippen molar-refractivity contribution in [3.8, 4) is 11.4 Å². The highest BCUT2D eigenvalue weighted by molar-refractivity contribution is 7.71. The quantitative estimate of drug-likeness (QED) is 0.519. The van der Waals surface area contributed by atoms with E-state index in [1.807, 2.05) is 42.1 Å². The van der Waals surface area contributed by atoms with Crippen LogP contribution in [-0.4, -0.2) is 30.0 Å². The fourth-order valence-electron chi connectivity index (χ4n) is 2.98. The van der Waals surface area contributed by atoms with Crippen LogP contribution in [0.5, 0.6) is 0 Å². The van der Waals surface area contributed by atoms with Gasteiger partial charge in [0.05, 0.1) is 12.7 Å². The molecule has 29 heavy (non-hydrogen) atoms. The molecule has 0 aliphatic rings. The molecule has 154 valence electrons. The first kappa shape index (κ1) is 21.3. The van der Waals surface area contributed by atoms with Gasteiger partial charge in [0, 0.05) is 48.9 Å². The average molecular weight is 433 g/mol. The Hall–Kier alpha value is -2.45. The average Bonchev–Trinajstić information content (AvgIpc) is 3.27. The van der Waals surface area contributed by atoms with E-state index in [4.69, 9.17) is 28.9 Å². The summed E-state index contributed by atoms with van der Waals surface area (Å²) in [4.78, 5) is 12.2. The number of hydrogen-bond acceptors (Lipinski definition) is 4. The number of carbonyl (C=O) groups excluding carboxylic acids is 1. The number of amides is 1. The summed E-state index contributed by atoms with van der Waals surface area (Å²) in [5.74, 6) is 0.753. The Morgan fingerprint density at radius 3 is 2.66 bits per heavy atom. The number of rotatable bonds is 9. The third kappa shape index (κ3) is 5.55. The van der Waals surface area contributed by atoms with Crippen LogP contribution in [0.1, 0.15) is 31.7 Å². The molecule has 0 atom stereocenters. The van der Waals surface area contributed by atoms with Crippen LogP contribution in [0.15, 0.2) is 36.7 Å². The molecule has 0 spiro atoms. The molecule has 2 heterocycles. The summed E-state index contributed by atoms with van der Waals surface area (Å²) < 4.78 is 6.11. The molecule has 0 aliphatic carbocycles. The SMILES string of the molecule is CCCCn1c(-c2ccc(Cl)cc2)nn(CCC(=O)NCc2cnn(C)c2)c1=S. The van der Waals surface area contributed by atoms with Gasteiger partial charge in [0.15, 0.2) is 10.6 Å². The highest BCUT2D eigenvalue weighted by Gasteiger charge is 2.13. The minimum Gasteiger partial charge on any atom is -0.352 e. The maximum absolute atomic E-state index is 12.2. The van der Waals surface area contributed by atoms with Gasteiger partial charge in [-0.3, -0.25) is 14.0 Å². The van der Waals surface area contributed by atoms with Crippen molar-refractivity contribution < 1.29 is 4.79 Å². The molecule has 0 saturated heterocycles. The maximum atomic E-state index is 12.2. The highest BCUT2D eigenvalue weighted by Crippen LogP contribution is 2.21. The van der Waals surface area contributed by atoms with Gasteiger partial charge in [-0.15, -0.1) is 0 Å². The number of nitrogens with one attached hydrogen (secondary N) is 1. The summed E-state index contributed by atoms with van der Waals surface area (Å²) in [5.41, 5.74) is 1.92. The first-order valence-electron chi connectivity index (χ1n) is 9.65. The zero-order valence-corrected chi connectivity index (χ0v) is 18.2. The minimum absolute atomic E-state index is 0.0492. The molecule has 0 radical (unpaired) electrons. The second-order valence-corrected chi connectivity index (χ2v) is 7.69. The molecule has 7 nitrogen and oxygen atoms in total. The van der Waals surface area contributed by atoms with Gasteiger partial charge in [0.25, 0.3) is 0 Å². The third-order valence-electron chi connectivity index (χ3n) is 4.56. The van der Waals surface area contributed by atoms with Crippen molar-refractivity contribution >= 4 is 29.7 Å². The van der Waals surface area contributed by atoms with Gasteiger partial charge in [-0.05, 0) is 42.9 Å². The predicted octanol–water partition coefficient (Wildman–Crippen LogP) is 3.97. The molecule has 9 heteroatoms. The molecule has 2 aromatic heterocycles. The lowest BCUT2D eigenvalue weighted by molar-refractivity contribution is -0.121. The third-order valence-corrected chi connectivity index (χ3v) is 5.24. The summed E-state index contributed by atoms with van der Waals surface area (Å²) in [5, 5.41) is 12.4. The van der Waals surface area contributed by atoms with Crippen molar-refractivity contribution in [1.82, 2.24) is 29.4 Å². The fourth-order valence-corrected chi connectivity index (χ4v) is 3.41. The van der Waals surface area contributed by atoms with Crippen LogP contribution in [0.25, 0.3) is 11.4 Å². The van der Waals surface area contributed by atoms with Crippen molar-refractivity contribution in [2.75, 3.05) is 0 Å². The second-order valence-electron chi connectivity index (χ2n) is 6.89. The summed E-state index contributed by atoms with van der Waals surface area (Å²) in [6.45, 7) is 3.82. The van der Waals surface area contributed by atoms with Crippen LogP contribution in [0.2, 0.25) is 5.02 Å². The van der Waals surface area contributed by atoms with Crippen LogP contribution < -0.4 is 5.32 Å². The Bertz CT molecular complexity index is 1020. The number of unbranched alkanes of at least 4 members (excludes halogenated alkanes) is 1. The lowest BCUT2D eigenvalue weighted by Crippen LogP contribution is -2.24. The van der Waals surface area contributed by atoms with E-state index in [1.54, 1.807) is 15.6 Å². The van der Waals surface area contributed by atoms with Gasteiger partial charge in [0.2, 0.25) is 5.91 Å². The number of aromatic nitrogens is 5. The van der Waals surface area contributed by atoms with Crippen LogP contribution in [0.3, 0.4) is 0 Å². The zero-order valence-electron chi connectivity index (χ0n) is 16.6. The largest absolute Gasteiger partial charge is 0.352 e. The van der Waals surface area contributed by atoms with Crippen molar-refractivity contribution in [1.29, 1.82) is 0 Å². The number of hydrogen-bond donors (Lipinski definition) is 1. The summed E-state index contributed by atoms with van der Waals surface area (Å²) in [6.07, 6.45) is 5.99.